The quantitative estimate of drug-likeness (QED) is 0.552. The van der Waals surface area contributed by atoms with Gasteiger partial charge in [0.25, 0.3) is 5.91 Å². The molecule has 6 heteroatoms. The summed E-state index contributed by atoms with van der Waals surface area (Å²) >= 11 is 0. The van der Waals surface area contributed by atoms with Gasteiger partial charge >= 0.3 is 0 Å². The van der Waals surface area contributed by atoms with Crippen LogP contribution in [-0.2, 0) is 0 Å². The number of hydrogen-bond acceptors (Lipinski definition) is 3. The third-order valence-corrected chi connectivity index (χ3v) is 4.01. The summed E-state index contributed by atoms with van der Waals surface area (Å²) in [5.74, 6) is -0.0885. The standard InChI is InChI=1S/C19H23N5O/c20-11-5-2-6-12-21-19(25)18-10-9-17(23-18)15-13-22-24(14-15)16-7-3-1-4-8-16/h1,3-4,7-10,13-14,23H,2,5-6,11-12,20H2,(H,21,25). The zero-order valence-corrected chi connectivity index (χ0v) is 14.1. The van der Waals surface area contributed by atoms with E-state index >= 15 is 0 Å². The number of nitrogens with one attached hydrogen (secondary N) is 2. The number of rotatable bonds is 8. The second kappa shape index (κ2) is 8.30. The fraction of sp³-hybridized carbons (Fsp3) is 0.263. The van der Waals surface area contributed by atoms with Crippen LogP contribution in [0.15, 0.2) is 54.9 Å². The van der Waals surface area contributed by atoms with E-state index in [1.807, 2.05) is 47.3 Å². The van der Waals surface area contributed by atoms with Crippen molar-refractivity contribution >= 4 is 5.91 Å². The lowest BCUT2D eigenvalue weighted by Crippen LogP contribution is -2.24. The van der Waals surface area contributed by atoms with Gasteiger partial charge in [-0.25, -0.2) is 4.68 Å². The first-order valence-corrected chi connectivity index (χ1v) is 8.55. The Kier molecular flexibility index (Phi) is 5.64. The van der Waals surface area contributed by atoms with Gasteiger partial charge in [0, 0.05) is 24.0 Å². The SMILES string of the molecule is NCCCCCNC(=O)c1ccc(-c2cnn(-c3ccccc3)c2)[nH]1. The number of amides is 1. The smallest absolute Gasteiger partial charge is 0.267 e. The normalized spacial score (nSPS) is 10.8. The summed E-state index contributed by atoms with van der Waals surface area (Å²) in [5, 5.41) is 7.30. The molecular weight excluding hydrogens is 314 g/mol. The summed E-state index contributed by atoms with van der Waals surface area (Å²) in [4.78, 5) is 15.3. The number of hydrogen-bond donors (Lipinski definition) is 3. The van der Waals surface area contributed by atoms with Gasteiger partial charge in [-0.3, -0.25) is 4.79 Å². The molecule has 0 bridgehead atoms. The predicted molar refractivity (Wildman–Crippen MR) is 98.6 cm³/mol. The van der Waals surface area contributed by atoms with Crippen LogP contribution in [0, 0.1) is 0 Å². The van der Waals surface area contributed by atoms with E-state index in [1.54, 1.807) is 12.3 Å². The van der Waals surface area contributed by atoms with Crippen molar-refractivity contribution in [3.05, 3.63) is 60.6 Å². The fourth-order valence-corrected chi connectivity index (χ4v) is 2.62. The molecule has 3 rings (SSSR count). The molecule has 0 saturated carbocycles. The summed E-state index contributed by atoms with van der Waals surface area (Å²) in [7, 11) is 0. The highest BCUT2D eigenvalue weighted by molar-refractivity contribution is 5.93. The first-order chi connectivity index (χ1) is 12.3. The van der Waals surface area contributed by atoms with Crippen molar-refractivity contribution in [2.75, 3.05) is 13.1 Å². The highest BCUT2D eigenvalue weighted by Gasteiger charge is 2.10. The molecule has 0 aliphatic rings. The van der Waals surface area contributed by atoms with Crippen LogP contribution in [0.2, 0.25) is 0 Å². The lowest BCUT2D eigenvalue weighted by molar-refractivity contribution is 0.0948. The first-order valence-electron chi connectivity index (χ1n) is 8.55. The van der Waals surface area contributed by atoms with E-state index in [0.717, 1.165) is 36.2 Å². The maximum atomic E-state index is 12.2. The Bertz CT molecular complexity index is 806. The molecule has 0 radical (unpaired) electrons. The summed E-state index contributed by atoms with van der Waals surface area (Å²) in [6.45, 7) is 1.36. The lowest BCUT2D eigenvalue weighted by atomic mass is 10.2. The molecule has 25 heavy (non-hydrogen) atoms. The molecule has 0 aliphatic carbocycles. The molecule has 4 N–H and O–H groups in total. The van der Waals surface area contributed by atoms with Crippen molar-refractivity contribution < 1.29 is 4.79 Å². The van der Waals surface area contributed by atoms with Gasteiger partial charge < -0.3 is 16.0 Å². The number of carbonyl (C=O) groups excluding carboxylic acids is 1. The van der Waals surface area contributed by atoms with Crippen LogP contribution in [-0.4, -0.2) is 33.8 Å². The average molecular weight is 337 g/mol. The Hall–Kier alpha value is -2.86. The van der Waals surface area contributed by atoms with Crippen molar-refractivity contribution in [2.45, 2.75) is 19.3 Å². The predicted octanol–water partition coefficient (Wildman–Crippen LogP) is 2.73. The topological polar surface area (TPSA) is 88.7 Å². The van der Waals surface area contributed by atoms with Gasteiger partial charge in [0.05, 0.1) is 11.9 Å². The minimum absolute atomic E-state index is 0.0885. The first kappa shape index (κ1) is 17.0. The Labute approximate surface area is 147 Å². The van der Waals surface area contributed by atoms with Crippen molar-refractivity contribution in [3.8, 4) is 16.9 Å². The number of unbranched alkanes of at least 4 members (excludes halogenated alkanes) is 2. The van der Waals surface area contributed by atoms with Crippen LogP contribution in [0.4, 0.5) is 0 Å². The molecule has 2 heterocycles. The van der Waals surface area contributed by atoms with Crippen molar-refractivity contribution in [3.63, 3.8) is 0 Å². The molecule has 0 aliphatic heterocycles. The van der Waals surface area contributed by atoms with E-state index in [2.05, 4.69) is 15.4 Å². The second-order valence-corrected chi connectivity index (χ2v) is 5.90. The molecule has 0 atom stereocenters. The summed E-state index contributed by atoms with van der Waals surface area (Å²) in [6, 6.07) is 13.6. The number of nitrogens with zero attached hydrogens (tertiary/aromatic N) is 2. The highest BCUT2D eigenvalue weighted by atomic mass is 16.1. The Morgan fingerprint density at radius 2 is 1.96 bits per heavy atom. The van der Waals surface area contributed by atoms with Crippen LogP contribution in [0.3, 0.4) is 0 Å². The van der Waals surface area contributed by atoms with E-state index in [-0.39, 0.29) is 5.91 Å². The molecule has 3 aromatic rings. The second-order valence-electron chi connectivity index (χ2n) is 5.90. The van der Waals surface area contributed by atoms with E-state index in [9.17, 15) is 4.79 Å². The van der Waals surface area contributed by atoms with Crippen LogP contribution in [0.1, 0.15) is 29.8 Å². The summed E-state index contributed by atoms with van der Waals surface area (Å²) < 4.78 is 1.81. The third-order valence-electron chi connectivity index (χ3n) is 4.01. The third kappa shape index (κ3) is 4.36. The maximum absolute atomic E-state index is 12.2. The summed E-state index contributed by atoms with van der Waals surface area (Å²) in [5.41, 5.74) is 8.82. The van der Waals surface area contributed by atoms with E-state index < -0.39 is 0 Å². The Balaban J connectivity index is 1.62. The number of H-pyrrole nitrogens is 1. The van der Waals surface area contributed by atoms with Gasteiger partial charge in [-0.05, 0) is 43.7 Å². The Morgan fingerprint density at radius 1 is 1.12 bits per heavy atom. The molecule has 0 saturated heterocycles. The molecule has 1 aromatic carbocycles. The number of aromatic nitrogens is 3. The minimum atomic E-state index is -0.0885. The van der Waals surface area contributed by atoms with Crippen LogP contribution in [0.5, 0.6) is 0 Å². The van der Waals surface area contributed by atoms with Crippen LogP contribution in [0.25, 0.3) is 16.9 Å². The largest absolute Gasteiger partial charge is 0.351 e. The number of nitrogens with two attached hydrogens (primary N) is 1. The van der Waals surface area contributed by atoms with Crippen molar-refractivity contribution in [1.29, 1.82) is 0 Å². The van der Waals surface area contributed by atoms with Gasteiger partial charge in [0.2, 0.25) is 0 Å². The molecule has 0 fully saturated rings. The van der Waals surface area contributed by atoms with E-state index in [4.69, 9.17) is 5.73 Å². The fourth-order valence-electron chi connectivity index (χ4n) is 2.62. The van der Waals surface area contributed by atoms with Crippen molar-refractivity contribution in [1.82, 2.24) is 20.1 Å². The van der Waals surface area contributed by atoms with Gasteiger partial charge in [-0.1, -0.05) is 24.6 Å². The van der Waals surface area contributed by atoms with Gasteiger partial charge in [0.1, 0.15) is 5.69 Å². The molecule has 1 amide bonds. The molecule has 6 nitrogen and oxygen atoms in total. The molecular formula is C19H23N5O. The molecule has 130 valence electrons. The lowest BCUT2D eigenvalue weighted by Gasteiger charge is -2.03. The highest BCUT2D eigenvalue weighted by Crippen LogP contribution is 2.19. The summed E-state index contributed by atoms with van der Waals surface area (Å²) in [6.07, 6.45) is 6.70. The average Bonchev–Trinajstić information content (AvgIpc) is 3.31. The minimum Gasteiger partial charge on any atom is -0.351 e. The zero-order valence-electron chi connectivity index (χ0n) is 14.1. The maximum Gasteiger partial charge on any atom is 0.267 e. The van der Waals surface area contributed by atoms with Gasteiger partial charge in [-0.15, -0.1) is 0 Å². The van der Waals surface area contributed by atoms with E-state index in [1.165, 1.54) is 0 Å². The van der Waals surface area contributed by atoms with Crippen LogP contribution >= 0.6 is 0 Å². The zero-order chi connectivity index (χ0) is 17.5. The number of aromatic amines is 1. The number of carbonyl (C=O) groups is 1. The molecule has 2 aromatic heterocycles. The van der Waals surface area contributed by atoms with E-state index in [0.29, 0.717) is 18.8 Å². The Morgan fingerprint density at radius 3 is 2.76 bits per heavy atom. The molecule has 0 spiro atoms. The molecule has 0 unspecified atom stereocenters. The number of para-hydroxylation sites is 1. The number of benzene rings is 1. The van der Waals surface area contributed by atoms with Gasteiger partial charge in [-0.2, -0.15) is 5.10 Å². The van der Waals surface area contributed by atoms with Gasteiger partial charge in [0.15, 0.2) is 0 Å². The monoisotopic (exact) mass is 337 g/mol. The van der Waals surface area contributed by atoms with Crippen molar-refractivity contribution in [2.24, 2.45) is 5.73 Å². The van der Waals surface area contributed by atoms with Crippen LogP contribution < -0.4 is 11.1 Å².